The lowest BCUT2D eigenvalue weighted by Crippen LogP contribution is -2.34. The molecular formula is C18H19N3O3S2. The van der Waals surface area contributed by atoms with Crippen LogP contribution in [0, 0.1) is 0 Å². The van der Waals surface area contributed by atoms with E-state index in [1.54, 1.807) is 24.7 Å². The number of aromatic nitrogens is 2. The molecule has 1 N–H and O–H groups in total. The molecule has 0 aliphatic heterocycles. The molecule has 1 amide bonds. The Bertz CT molecular complexity index is 953. The molecule has 1 aromatic carbocycles. The number of fused-ring (bicyclic) bond motifs is 1. The van der Waals surface area contributed by atoms with Crippen molar-refractivity contribution in [2.45, 2.75) is 17.3 Å². The second-order valence-corrected chi connectivity index (χ2v) is 7.76. The highest BCUT2D eigenvalue weighted by Crippen LogP contribution is 2.26. The van der Waals surface area contributed by atoms with Gasteiger partial charge in [-0.05, 0) is 30.5 Å². The van der Waals surface area contributed by atoms with Gasteiger partial charge >= 0.3 is 0 Å². The number of amides is 1. The van der Waals surface area contributed by atoms with Crippen LogP contribution in [-0.4, -0.2) is 41.0 Å². The van der Waals surface area contributed by atoms with Gasteiger partial charge in [-0.25, -0.2) is 4.98 Å². The summed E-state index contributed by atoms with van der Waals surface area (Å²) in [5.41, 5.74) is 0.601. The van der Waals surface area contributed by atoms with E-state index in [1.807, 2.05) is 35.7 Å². The van der Waals surface area contributed by atoms with Gasteiger partial charge in [-0.15, -0.1) is 11.3 Å². The average molecular weight is 390 g/mol. The minimum Gasteiger partial charge on any atom is -0.383 e. The fraction of sp³-hybridized carbons (Fsp3) is 0.278. The lowest BCUT2D eigenvalue weighted by molar-refractivity contribution is -0.120. The van der Waals surface area contributed by atoms with E-state index in [2.05, 4.69) is 10.3 Å². The number of thioether (sulfide) groups is 1. The molecule has 26 heavy (non-hydrogen) atoms. The largest absolute Gasteiger partial charge is 0.383 e. The molecule has 0 radical (unpaired) electrons. The van der Waals surface area contributed by atoms with E-state index >= 15 is 0 Å². The number of para-hydroxylation sites is 1. The van der Waals surface area contributed by atoms with Crippen molar-refractivity contribution in [2.24, 2.45) is 0 Å². The van der Waals surface area contributed by atoms with Crippen LogP contribution in [0.1, 0.15) is 6.92 Å². The molecule has 2 aromatic heterocycles. The highest BCUT2D eigenvalue weighted by atomic mass is 32.2. The van der Waals surface area contributed by atoms with Crippen LogP contribution >= 0.6 is 23.1 Å². The first kappa shape index (κ1) is 18.6. The van der Waals surface area contributed by atoms with E-state index in [-0.39, 0.29) is 11.5 Å². The minimum atomic E-state index is -0.397. The maximum Gasteiger partial charge on any atom is 0.267 e. The smallest absolute Gasteiger partial charge is 0.267 e. The van der Waals surface area contributed by atoms with Crippen molar-refractivity contribution in [2.75, 3.05) is 20.3 Å². The Kier molecular flexibility index (Phi) is 6.08. The molecule has 0 aliphatic carbocycles. The number of thiophene rings is 1. The third-order valence-electron chi connectivity index (χ3n) is 3.74. The molecule has 0 unspecified atom stereocenters. The molecule has 0 saturated carbocycles. The average Bonchev–Trinajstić information content (AvgIpc) is 3.11. The SMILES string of the molecule is COCCNC(=O)[C@@H](C)Sc1nc2sccc2c(=O)n1-c1ccccc1. The van der Waals surface area contributed by atoms with Crippen molar-refractivity contribution >= 4 is 39.2 Å². The molecule has 1 atom stereocenters. The van der Waals surface area contributed by atoms with E-state index < -0.39 is 5.25 Å². The number of hydrogen-bond acceptors (Lipinski definition) is 6. The quantitative estimate of drug-likeness (QED) is 0.382. The lowest BCUT2D eigenvalue weighted by Gasteiger charge is -2.15. The normalized spacial score (nSPS) is 12.2. The number of methoxy groups -OCH3 is 1. The zero-order valence-corrected chi connectivity index (χ0v) is 16.1. The number of carbonyl (C=O) groups excluding carboxylic acids is 1. The molecular weight excluding hydrogens is 370 g/mol. The third-order valence-corrected chi connectivity index (χ3v) is 5.60. The summed E-state index contributed by atoms with van der Waals surface area (Å²) in [6.07, 6.45) is 0. The fourth-order valence-electron chi connectivity index (χ4n) is 2.41. The summed E-state index contributed by atoms with van der Waals surface area (Å²) in [4.78, 5) is 30.5. The highest BCUT2D eigenvalue weighted by Gasteiger charge is 2.20. The summed E-state index contributed by atoms with van der Waals surface area (Å²) in [7, 11) is 1.59. The number of carbonyl (C=O) groups is 1. The van der Waals surface area contributed by atoms with Crippen LogP contribution in [0.3, 0.4) is 0 Å². The molecule has 0 fully saturated rings. The van der Waals surface area contributed by atoms with Crippen LogP contribution in [-0.2, 0) is 9.53 Å². The first-order chi connectivity index (χ1) is 12.6. The Morgan fingerprint density at radius 3 is 2.85 bits per heavy atom. The van der Waals surface area contributed by atoms with Gasteiger partial charge in [0.1, 0.15) is 4.83 Å². The number of rotatable bonds is 7. The molecule has 3 aromatic rings. The summed E-state index contributed by atoms with van der Waals surface area (Å²) in [6.45, 7) is 2.70. The predicted octanol–water partition coefficient (Wildman–Crippen LogP) is 2.69. The van der Waals surface area contributed by atoms with Gasteiger partial charge in [-0.3, -0.25) is 14.2 Å². The van der Waals surface area contributed by atoms with E-state index in [0.29, 0.717) is 28.5 Å². The number of nitrogens with zero attached hydrogens (tertiary/aromatic N) is 2. The van der Waals surface area contributed by atoms with Gasteiger partial charge in [0, 0.05) is 13.7 Å². The van der Waals surface area contributed by atoms with Crippen molar-refractivity contribution in [3.63, 3.8) is 0 Å². The van der Waals surface area contributed by atoms with Crippen LogP contribution in [0.5, 0.6) is 0 Å². The molecule has 0 aliphatic rings. The lowest BCUT2D eigenvalue weighted by atomic mass is 10.3. The van der Waals surface area contributed by atoms with Crippen LogP contribution in [0.25, 0.3) is 15.9 Å². The van der Waals surface area contributed by atoms with Gasteiger partial charge in [0.25, 0.3) is 5.56 Å². The Hall–Kier alpha value is -2.16. The second kappa shape index (κ2) is 8.48. The maximum atomic E-state index is 13.0. The first-order valence-electron chi connectivity index (χ1n) is 8.11. The van der Waals surface area contributed by atoms with Crippen molar-refractivity contribution in [3.05, 3.63) is 52.1 Å². The van der Waals surface area contributed by atoms with Gasteiger partial charge in [0.2, 0.25) is 5.91 Å². The number of ether oxygens (including phenoxy) is 1. The second-order valence-electron chi connectivity index (χ2n) is 5.55. The van der Waals surface area contributed by atoms with Crippen LogP contribution in [0.15, 0.2) is 51.7 Å². The van der Waals surface area contributed by atoms with Gasteiger partial charge in [0.05, 0.1) is 22.9 Å². The highest BCUT2D eigenvalue weighted by molar-refractivity contribution is 8.00. The maximum absolute atomic E-state index is 13.0. The Balaban J connectivity index is 1.97. The van der Waals surface area contributed by atoms with E-state index in [0.717, 1.165) is 5.69 Å². The van der Waals surface area contributed by atoms with Gasteiger partial charge in [-0.1, -0.05) is 30.0 Å². The number of benzene rings is 1. The summed E-state index contributed by atoms with van der Waals surface area (Å²) in [5, 5.41) is 5.35. The van der Waals surface area contributed by atoms with Gasteiger partial charge < -0.3 is 10.1 Å². The summed E-state index contributed by atoms with van der Waals surface area (Å²) < 4.78 is 6.51. The van der Waals surface area contributed by atoms with Crippen molar-refractivity contribution in [1.82, 2.24) is 14.9 Å². The Morgan fingerprint density at radius 1 is 1.35 bits per heavy atom. The molecule has 2 heterocycles. The van der Waals surface area contributed by atoms with Crippen LogP contribution in [0.4, 0.5) is 0 Å². The fourth-order valence-corrected chi connectivity index (χ4v) is 4.17. The Labute approximate surface area is 159 Å². The predicted molar refractivity (Wildman–Crippen MR) is 105 cm³/mol. The van der Waals surface area contributed by atoms with Crippen LogP contribution < -0.4 is 10.9 Å². The number of nitrogens with one attached hydrogen (secondary N) is 1. The zero-order chi connectivity index (χ0) is 18.5. The summed E-state index contributed by atoms with van der Waals surface area (Å²) in [5.74, 6) is -0.118. The van der Waals surface area contributed by atoms with E-state index in [9.17, 15) is 9.59 Å². The number of hydrogen-bond donors (Lipinski definition) is 1. The summed E-state index contributed by atoms with van der Waals surface area (Å²) in [6, 6.07) is 11.1. The Morgan fingerprint density at radius 2 is 2.12 bits per heavy atom. The molecule has 0 bridgehead atoms. The van der Waals surface area contributed by atoms with E-state index in [1.165, 1.54) is 23.1 Å². The van der Waals surface area contributed by atoms with E-state index in [4.69, 9.17) is 4.74 Å². The summed E-state index contributed by atoms with van der Waals surface area (Å²) >= 11 is 2.69. The molecule has 8 heteroatoms. The monoisotopic (exact) mass is 389 g/mol. The van der Waals surface area contributed by atoms with Crippen molar-refractivity contribution in [1.29, 1.82) is 0 Å². The standard InChI is InChI=1S/C18H19N3O3S2/c1-12(15(22)19-9-10-24-2)26-18-20-16-14(8-11-25-16)17(23)21(18)13-6-4-3-5-7-13/h3-8,11-12H,9-10H2,1-2H3,(H,19,22)/t12-/m1/s1. The zero-order valence-electron chi connectivity index (χ0n) is 14.5. The molecule has 3 rings (SSSR count). The molecule has 0 spiro atoms. The third kappa shape index (κ3) is 3.98. The minimum absolute atomic E-state index is 0.118. The van der Waals surface area contributed by atoms with Crippen molar-refractivity contribution < 1.29 is 9.53 Å². The van der Waals surface area contributed by atoms with Crippen LogP contribution in [0.2, 0.25) is 0 Å². The molecule has 136 valence electrons. The first-order valence-corrected chi connectivity index (χ1v) is 9.86. The molecule has 0 saturated heterocycles. The van der Waals surface area contributed by atoms with Gasteiger partial charge in [0.15, 0.2) is 5.16 Å². The van der Waals surface area contributed by atoms with Gasteiger partial charge in [-0.2, -0.15) is 0 Å². The topological polar surface area (TPSA) is 73.2 Å². The molecule has 6 nitrogen and oxygen atoms in total. The van der Waals surface area contributed by atoms with Crippen molar-refractivity contribution in [3.8, 4) is 5.69 Å².